The molecule has 2 heterocycles. The summed E-state index contributed by atoms with van der Waals surface area (Å²) in [6, 6.07) is 1.92. The van der Waals surface area contributed by atoms with E-state index in [0.717, 1.165) is 13.1 Å². The van der Waals surface area contributed by atoms with Crippen molar-refractivity contribution in [1.82, 2.24) is 15.5 Å². The number of piperidine rings is 1. The fourth-order valence-corrected chi connectivity index (χ4v) is 3.41. The first kappa shape index (κ1) is 12.8. The zero-order valence-corrected chi connectivity index (χ0v) is 11.0. The molecule has 2 saturated heterocycles. The summed E-state index contributed by atoms with van der Waals surface area (Å²) >= 11 is 0. The summed E-state index contributed by atoms with van der Waals surface area (Å²) in [5.41, 5.74) is 0. The number of rotatable bonds is 5. The molecule has 0 aromatic carbocycles. The quantitative estimate of drug-likeness (QED) is 0.743. The Bertz CT molecular complexity index is 255. The third-order valence-electron chi connectivity index (χ3n) is 4.08. The minimum atomic E-state index is 0.186. The Hall–Kier alpha value is -0.610. The van der Waals surface area contributed by atoms with Gasteiger partial charge in [0.2, 0.25) is 5.91 Å². The smallest absolute Gasteiger partial charge is 0.234 e. The zero-order chi connectivity index (χ0) is 12.3. The molecule has 17 heavy (non-hydrogen) atoms. The van der Waals surface area contributed by atoms with E-state index in [2.05, 4.69) is 22.5 Å². The van der Waals surface area contributed by atoms with E-state index in [-0.39, 0.29) is 5.91 Å². The van der Waals surface area contributed by atoms with Crippen LogP contribution >= 0.6 is 0 Å². The molecule has 2 aliphatic heterocycles. The average molecular weight is 239 g/mol. The lowest BCUT2D eigenvalue weighted by Crippen LogP contribution is -2.51. The molecule has 2 rings (SSSR count). The lowest BCUT2D eigenvalue weighted by atomic mass is 9.97. The Morgan fingerprint density at radius 3 is 2.35 bits per heavy atom. The molecule has 0 spiro atoms. The third-order valence-corrected chi connectivity index (χ3v) is 4.08. The van der Waals surface area contributed by atoms with Crippen molar-refractivity contribution >= 4 is 5.91 Å². The number of hydrogen-bond acceptors (Lipinski definition) is 3. The van der Waals surface area contributed by atoms with E-state index in [1.807, 2.05) is 6.92 Å². The lowest BCUT2D eigenvalue weighted by molar-refractivity contribution is -0.123. The van der Waals surface area contributed by atoms with Gasteiger partial charge in [0, 0.05) is 24.7 Å². The van der Waals surface area contributed by atoms with Crippen LogP contribution in [0, 0.1) is 0 Å². The van der Waals surface area contributed by atoms with Gasteiger partial charge in [-0.2, -0.15) is 0 Å². The Morgan fingerprint density at radius 2 is 1.82 bits per heavy atom. The van der Waals surface area contributed by atoms with Crippen molar-refractivity contribution < 1.29 is 4.79 Å². The molecule has 2 bridgehead atoms. The zero-order valence-electron chi connectivity index (χ0n) is 11.0. The maximum atomic E-state index is 11.7. The first-order chi connectivity index (χ1) is 8.24. The molecule has 2 atom stereocenters. The van der Waals surface area contributed by atoms with Crippen LogP contribution in [0.1, 0.15) is 39.5 Å². The summed E-state index contributed by atoms with van der Waals surface area (Å²) in [5, 5.41) is 6.46. The van der Waals surface area contributed by atoms with Crippen LogP contribution in [0.4, 0.5) is 0 Å². The maximum Gasteiger partial charge on any atom is 0.234 e. The van der Waals surface area contributed by atoms with E-state index in [9.17, 15) is 4.79 Å². The predicted octanol–water partition coefficient (Wildman–Crippen LogP) is 0.727. The highest BCUT2D eigenvalue weighted by atomic mass is 16.2. The first-order valence-corrected chi connectivity index (χ1v) is 7.00. The first-order valence-electron chi connectivity index (χ1n) is 7.00. The molecule has 0 saturated carbocycles. The maximum absolute atomic E-state index is 11.7. The topological polar surface area (TPSA) is 44.4 Å². The number of hydrogen-bond donors (Lipinski definition) is 2. The SMILES string of the molecule is CCNC(=O)CN1C2CCC1CC(NCC)C2. The number of fused-ring (bicyclic) bond motifs is 2. The molecular weight excluding hydrogens is 214 g/mol. The molecule has 0 aliphatic carbocycles. The van der Waals surface area contributed by atoms with Crippen LogP contribution in [0.2, 0.25) is 0 Å². The number of nitrogens with one attached hydrogen (secondary N) is 2. The van der Waals surface area contributed by atoms with E-state index in [0.29, 0.717) is 24.7 Å². The monoisotopic (exact) mass is 239 g/mol. The molecule has 0 aromatic heterocycles. The molecule has 0 radical (unpaired) electrons. The summed E-state index contributed by atoms with van der Waals surface area (Å²) in [4.78, 5) is 14.1. The van der Waals surface area contributed by atoms with E-state index in [1.165, 1.54) is 25.7 Å². The van der Waals surface area contributed by atoms with Crippen LogP contribution in [-0.2, 0) is 4.79 Å². The van der Waals surface area contributed by atoms with Crippen LogP contribution in [0.3, 0.4) is 0 Å². The molecule has 2 aliphatic rings. The van der Waals surface area contributed by atoms with Crippen molar-refractivity contribution in [2.24, 2.45) is 0 Å². The fourth-order valence-electron chi connectivity index (χ4n) is 3.41. The van der Waals surface area contributed by atoms with Crippen molar-refractivity contribution in [2.75, 3.05) is 19.6 Å². The van der Waals surface area contributed by atoms with Crippen LogP contribution in [0.15, 0.2) is 0 Å². The number of nitrogens with zero attached hydrogens (tertiary/aromatic N) is 1. The van der Waals surface area contributed by atoms with Gasteiger partial charge < -0.3 is 10.6 Å². The summed E-state index contributed by atoms with van der Waals surface area (Å²) in [5.74, 6) is 0.186. The number of amides is 1. The Kier molecular flexibility index (Phi) is 4.40. The molecule has 2 N–H and O–H groups in total. The van der Waals surface area contributed by atoms with Gasteiger partial charge >= 0.3 is 0 Å². The Balaban J connectivity index is 1.87. The highest BCUT2D eigenvalue weighted by molar-refractivity contribution is 5.78. The molecular formula is C13H25N3O. The van der Waals surface area contributed by atoms with Gasteiger partial charge in [-0.25, -0.2) is 0 Å². The molecule has 2 fully saturated rings. The minimum absolute atomic E-state index is 0.186. The van der Waals surface area contributed by atoms with Gasteiger partial charge in [0.1, 0.15) is 0 Å². The lowest BCUT2D eigenvalue weighted by Gasteiger charge is -2.38. The van der Waals surface area contributed by atoms with E-state index in [1.54, 1.807) is 0 Å². The highest BCUT2D eigenvalue weighted by Gasteiger charge is 2.40. The van der Waals surface area contributed by atoms with Crippen molar-refractivity contribution in [3.8, 4) is 0 Å². The van der Waals surface area contributed by atoms with Crippen LogP contribution in [-0.4, -0.2) is 48.6 Å². The molecule has 0 aromatic rings. The van der Waals surface area contributed by atoms with Gasteiger partial charge in [-0.15, -0.1) is 0 Å². The molecule has 4 heteroatoms. The van der Waals surface area contributed by atoms with E-state index >= 15 is 0 Å². The summed E-state index contributed by atoms with van der Waals surface area (Å²) < 4.78 is 0. The largest absolute Gasteiger partial charge is 0.355 e. The number of likely N-dealkylation sites (N-methyl/N-ethyl adjacent to an activating group) is 1. The number of carbonyl (C=O) groups excluding carboxylic acids is 1. The fraction of sp³-hybridized carbons (Fsp3) is 0.923. The predicted molar refractivity (Wildman–Crippen MR) is 68.9 cm³/mol. The normalized spacial score (nSPS) is 32.7. The van der Waals surface area contributed by atoms with Gasteiger partial charge in [-0.3, -0.25) is 9.69 Å². The molecule has 1 amide bonds. The molecule has 4 nitrogen and oxygen atoms in total. The van der Waals surface area contributed by atoms with Gasteiger partial charge in [0.05, 0.1) is 6.54 Å². The summed E-state index contributed by atoms with van der Waals surface area (Å²) in [6.07, 6.45) is 4.96. The van der Waals surface area contributed by atoms with Gasteiger partial charge in [0.25, 0.3) is 0 Å². The van der Waals surface area contributed by atoms with Gasteiger partial charge in [-0.05, 0) is 39.2 Å². The second kappa shape index (κ2) is 5.83. The van der Waals surface area contributed by atoms with Crippen molar-refractivity contribution in [3.63, 3.8) is 0 Å². The van der Waals surface area contributed by atoms with E-state index < -0.39 is 0 Å². The Morgan fingerprint density at radius 1 is 1.18 bits per heavy atom. The standard InChI is InChI=1S/C13H25N3O/c1-3-14-10-7-11-5-6-12(8-10)16(11)9-13(17)15-4-2/h10-12,14H,3-9H2,1-2H3,(H,15,17). The van der Waals surface area contributed by atoms with Crippen LogP contribution in [0.5, 0.6) is 0 Å². The van der Waals surface area contributed by atoms with Crippen molar-refractivity contribution in [3.05, 3.63) is 0 Å². The molecule has 98 valence electrons. The Labute approximate surface area is 104 Å². The molecule has 2 unspecified atom stereocenters. The summed E-state index contributed by atoms with van der Waals surface area (Å²) in [6.45, 7) is 6.54. The summed E-state index contributed by atoms with van der Waals surface area (Å²) in [7, 11) is 0. The second-order valence-electron chi connectivity index (χ2n) is 5.24. The van der Waals surface area contributed by atoms with Crippen LogP contribution in [0.25, 0.3) is 0 Å². The number of carbonyl (C=O) groups is 1. The second-order valence-corrected chi connectivity index (χ2v) is 5.24. The average Bonchev–Trinajstić information content (AvgIpc) is 2.53. The highest BCUT2D eigenvalue weighted by Crippen LogP contribution is 2.35. The van der Waals surface area contributed by atoms with Crippen molar-refractivity contribution in [2.45, 2.75) is 57.7 Å². The van der Waals surface area contributed by atoms with Crippen molar-refractivity contribution in [1.29, 1.82) is 0 Å². The van der Waals surface area contributed by atoms with Gasteiger partial charge in [0.15, 0.2) is 0 Å². The van der Waals surface area contributed by atoms with Gasteiger partial charge in [-0.1, -0.05) is 6.92 Å². The minimum Gasteiger partial charge on any atom is -0.355 e. The van der Waals surface area contributed by atoms with E-state index in [4.69, 9.17) is 0 Å². The van der Waals surface area contributed by atoms with Crippen LogP contribution < -0.4 is 10.6 Å². The third kappa shape index (κ3) is 2.99.